The van der Waals surface area contributed by atoms with Crippen molar-refractivity contribution in [3.05, 3.63) is 0 Å². The molecule has 1 atom stereocenters. The summed E-state index contributed by atoms with van der Waals surface area (Å²) >= 11 is 0. The quantitative estimate of drug-likeness (QED) is 0.772. The second-order valence-corrected chi connectivity index (χ2v) is 5.67. The number of nitrogens with one attached hydrogen (secondary N) is 1. The van der Waals surface area contributed by atoms with Crippen LogP contribution in [0.2, 0.25) is 0 Å². The van der Waals surface area contributed by atoms with E-state index in [1.165, 1.54) is 64.6 Å². The van der Waals surface area contributed by atoms with Crippen LogP contribution in [0.4, 0.5) is 0 Å². The summed E-state index contributed by atoms with van der Waals surface area (Å²) in [4.78, 5) is 2.80. The molecule has 2 aliphatic rings. The predicted octanol–water partition coefficient (Wildman–Crippen LogP) is 2.78. The van der Waals surface area contributed by atoms with E-state index in [-0.39, 0.29) is 0 Å². The number of hydrogen-bond acceptors (Lipinski definition) is 2. The molecule has 0 amide bonds. The SMILES string of the molecule is CCCNC1CCCN(C2(CC)CCC2)C1. The van der Waals surface area contributed by atoms with Gasteiger partial charge in [0.15, 0.2) is 0 Å². The molecule has 0 aromatic carbocycles. The minimum atomic E-state index is 0.604. The average molecular weight is 224 g/mol. The number of rotatable bonds is 5. The van der Waals surface area contributed by atoms with E-state index in [1.54, 1.807) is 0 Å². The van der Waals surface area contributed by atoms with Crippen molar-refractivity contribution < 1.29 is 0 Å². The summed E-state index contributed by atoms with van der Waals surface area (Å²) in [6, 6.07) is 0.762. The molecule has 2 rings (SSSR count). The van der Waals surface area contributed by atoms with E-state index in [0.717, 1.165) is 6.04 Å². The molecule has 94 valence electrons. The van der Waals surface area contributed by atoms with Gasteiger partial charge in [0, 0.05) is 18.1 Å². The van der Waals surface area contributed by atoms with Gasteiger partial charge in [0.05, 0.1) is 0 Å². The topological polar surface area (TPSA) is 15.3 Å². The lowest BCUT2D eigenvalue weighted by Gasteiger charge is -2.53. The smallest absolute Gasteiger partial charge is 0.0207 e. The molecule has 0 aromatic rings. The largest absolute Gasteiger partial charge is 0.313 e. The van der Waals surface area contributed by atoms with E-state index in [2.05, 4.69) is 24.1 Å². The minimum absolute atomic E-state index is 0.604. The molecule has 2 fully saturated rings. The van der Waals surface area contributed by atoms with Crippen LogP contribution in [0.25, 0.3) is 0 Å². The molecule has 0 radical (unpaired) electrons. The predicted molar refractivity (Wildman–Crippen MR) is 69.8 cm³/mol. The molecule has 1 aliphatic carbocycles. The zero-order valence-corrected chi connectivity index (χ0v) is 11.1. The Labute approximate surface area is 101 Å². The Morgan fingerprint density at radius 2 is 2.06 bits per heavy atom. The maximum atomic E-state index is 3.70. The van der Waals surface area contributed by atoms with Crippen molar-refractivity contribution in [1.29, 1.82) is 0 Å². The Bertz CT molecular complexity index is 205. The highest BCUT2D eigenvalue weighted by molar-refractivity contribution is 4.99. The third kappa shape index (κ3) is 2.43. The van der Waals surface area contributed by atoms with Crippen LogP contribution in [-0.4, -0.2) is 36.1 Å². The summed E-state index contributed by atoms with van der Waals surface area (Å²) in [5.41, 5.74) is 0.604. The Morgan fingerprint density at radius 1 is 1.25 bits per heavy atom. The van der Waals surface area contributed by atoms with Crippen LogP contribution in [0, 0.1) is 0 Å². The van der Waals surface area contributed by atoms with Gasteiger partial charge in [-0.25, -0.2) is 0 Å². The fourth-order valence-corrected chi connectivity index (χ4v) is 3.40. The zero-order chi connectivity index (χ0) is 11.4. The molecule has 1 unspecified atom stereocenters. The van der Waals surface area contributed by atoms with Crippen molar-refractivity contribution in [3.63, 3.8) is 0 Å². The number of likely N-dealkylation sites (tertiary alicyclic amines) is 1. The molecule has 1 saturated heterocycles. The third-order valence-corrected chi connectivity index (χ3v) is 4.72. The van der Waals surface area contributed by atoms with Gasteiger partial charge in [-0.1, -0.05) is 13.8 Å². The summed E-state index contributed by atoms with van der Waals surface area (Å²) in [5, 5.41) is 3.70. The van der Waals surface area contributed by atoms with E-state index >= 15 is 0 Å². The van der Waals surface area contributed by atoms with Crippen LogP contribution in [0.3, 0.4) is 0 Å². The van der Waals surface area contributed by atoms with Gasteiger partial charge in [-0.2, -0.15) is 0 Å². The molecule has 1 saturated carbocycles. The van der Waals surface area contributed by atoms with Crippen LogP contribution in [-0.2, 0) is 0 Å². The van der Waals surface area contributed by atoms with E-state index in [9.17, 15) is 0 Å². The highest BCUT2D eigenvalue weighted by Crippen LogP contribution is 2.41. The molecular weight excluding hydrogens is 196 g/mol. The standard InChI is InChI=1S/C14H28N2/c1-3-10-15-13-7-5-11-16(12-13)14(4-2)8-6-9-14/h13,15H,3-12H2,1-2H3. The molecule has 2 nitrogen and oxygen atoms in total. The fourth-order valence-electron chi connectivity index (χ4n) is 3.40. The first kappa shape index (κ1) is 12.4. The van der Waals surface area contributed by atoms with Crippen molar-refractivity contribution in [2.45, 2.75) is 70.4 Å². The Kier molecular flexibility index (Phi) is 4.26. The second kappa shape index (κ2) is 5.50. The van der Waals surface area contributed by atoms with Gasteiger partial charge >= 0.3 is 0 Å². The van der Waals surface area contributed by atoms with E-state index < -0.39 is 0 Å². The highest BCUT2D eigenvalue weighted by Gasteiger charge is 2.42. The van der Waals surface area contributed by atoms with Crippen LogP contribution in [0.15, 0.2) is 0 Å². The molecule has 0 spiro atoms. The Morgan fingerprint density at radius 3 is 2.62 bits per heavy atom. The molecule has 2 heteroatoms. The lowest BCUT2D eigenvalue weighted by Crippen LogP contribution is -2.59. The van der Waals surface area contributed by atoms with Gasteiger partial charge in [-0.05, 0) is 58.0 Å². The van der Waals surface area contributed by atoms with Gasteiger partial charge in [0.1, 0.15) is 0 Å². The van der Waals surface area contributed by atoms with Gasteiger partial charge in [-0.15, -0.1) is 0 Å². The lowest BCUT2D eigenvalue weighted by molar-refractivity contribution is -0.0101. The van der Waals surface area contributed by atoms with Crippen molar-refractivity contribution in [1.82, 2.24) is 10.2 Å². The molecule has 16 heavy (non-hydrogen) atoms. The minimum Gasteiger partial charge on any atom is -0.313 e. The summed E-state index contributed by atoms with van der Waals surface area (Å²) in [6.45, 7) is 8.47. The maximum Gasteiger partial charge on any atom is 0.0207 e. The van der Waals surface area contributed by atoms with Crippen molar-refractivity contribution >= 4 is 0 Å². The Balaban J connectivity index is 1.85. The summed E-state index contributed by atoms with van der Waals surface area (Å²) in [7, 11) is 0. The molecule has 1 aliphatic heterocycles. The van der Waals surface area contributed by atoms with Gasteiger partial charge in [0.25, 0.3) is 0 Å². The molecule has 0 bridgehead atoms. The van der Waals surface area contributed by atoms with E-state index in [1.807, 2.05) is 0 Å². The van der Waals surface area contributed by atoms with E-state index in [0.29, 0.717) is 5.54 Å². The maximum absolute atomic E-state index is 3.70. The van der Waals surface area contributed by atoms with Gasteiger partial charge in [-0.3, -0.25) is 4.90 Å². The van der Waals surface area contributed by atoms with Crippen LogP contribution >= 0.6 is 0 Å². The van der Waals surface area contributed by atoms with Crippen molar-refractivity contribution in [3.8, 4) is 0 Å². The van der Waals surface area contributed by atoms with Gasteiger partial charge in [0.2, 0.25) is 0 Å². The van der Waals surface area contributed by atoms with Gasteiger partial charge < -0.3 is 5.32 Å². The molecule has 1 heterocycles. The Hall–Kier alpha value is -0.0800. The van der Waals surface area contributed by atoms with Crippen molar-refractivity contribution in [2.24, 2.45) is 0 Å². The molecule has 0 aromatic heterocycles. The first-order valence-corrected chi connectivity index (χ1v) is 7.29. The van der Waals surface area contributed by atoms with Crippen LogP contribution < -0.4 is 5.32 Å². The summed E-state index contributed by atoms with van der Waals surface area (Å²) in [6.07, 6.45) is 9.74. The fraction of sp³-hybridized carbons (Fsp3) is 1.00. The van der Waals surface area contributed by atoms with Crippen LogP contribution in [0.5, 0.6) is 0 Å². The summed E-state index contributed by atoms with van der Waals surface area (Å²) in [5.74, 6) is 0. The monoisotopic (exact) mass is 224 g/mol. The van der Waals surface area contributed by atoms with E-state index in [4.69, 9.17) is 0 Å². The number of piperidine rings is 1. The van der Waals surface area contributed by atoms with Crippen LogP contribution in [0.1, 0.15) is 58.8 Å². The summed E-state index contributed by atoms with van der Waals surface area (Å²) < 4.78 is 0. The zero-order valence-electron chi connectivity index (χ0n) is 11.1. The number of nitrogens with zero attached hydrogens (tertiary/aromatic N) is 1. The highest BCUT2D eigenvalue weighted by atomic mass is 15.2. The third-order valence-electron chi connectivity index (χ3n) is 4.72. The lowest BCUT2D eigenvalue weighted by atomic mass is 9.72. The van der Waals surface area contributed by atoms with Crippen molar-refractivity contribution in [2.75, 3.05) is 19.6 Å². The second-order valence-electron chi connectivity index (χ2n) is 5.67. The first-order chi connectivity index (χ1) is 7.80. The number of hydrogen-bond donors (Lipinski definition) is 1. The molecule has 1 N–H and O–H groups in total. The average Bonchev–Trinajstić information content (AvgIpc) is 2.26. The molecular formula is C14H28N2. The normalized spacial score (nSPS) is 30.0. The first-order valence-electron chi connectivity index (χ1n) is 7.29.